The third kappa shape index (κ3) is 17.9. The predicted molar refractivity (Wildman–Crippen MR) is 69.9 cm³/mol. The van der Waals surface area contributed by atoms with Crippen LogP contribution in [0.2, 0.25) is 0 Å². The highest BCUT2D eigenvalue weighted by Gasteiger charge is 1.99. The number of rotatable bonds is 5. The number of nitrogens with zero attached hydrogens (tertiary/aromatic N) is 1. The summed E-state index contributed by atoms with van der Waals surface area (Å²) < 4.78 is 0. The number of hydrogen-bond donors (Lipinski definition) is 0. The third-order valence-corrected chi connectivity index (χ3v) is 2.24. The molecule has 90 valence electrons. The SMILES string of the molecule is CC.CC.CCC(C)CCN(C)CC. The van der Waals surface area contributed by atoms with Gasteiger partial charge in [0.1, 0.15) is 0 Å². The molecule has 1 atom stereocenters. The Hall–Kier alpha value is -0.0400. The second-order valence-electron chi connectivity index (χ2n) is 3.20. The van der Waals surface area contributed by atoms with Crippen molar-refractivity contribution in [2.45, 2.75) is 61.3 Å². The summed E-state index contributed by atoms with van der Waals surface area (Å²) in [5.74, 6) is 0.897. The van der Waals surface area contributed by atoms with Gasteiger partial charge in [0.15, 0.2) is 0 Å². The maximum Gasteiger partial charge on any atom is -0.00194 e. The Labute approximate surface area is 92.9 Å². The minimum atomic E-state index is 0.897. The van der Waals surface area contributed by atoms with Crippen LogP contribution in [0.3, 0.4) is 0 Å². The molecule has 0 fully saturated rings. The summed E-state index contributed by atoms with van der Waals surface area (Å²) in [6.07, 6.45) is 2.67. The third-order valence-electron chi connectivity index (χ3n) is 2.24. The maximum absolute atomic E-state index is 2.37. The molecule has 0 saturated heterocycles. The number of hydrogen-bond acceptors (Lipinski definition) is 1. The lowest BCUT2D eigenvalue weighted by Gasteiger charge is -2.15. The first kappa shape index (κ1) is 19.5. The van der Waals surface area contributed by atoms with Gasteiger partial charge in [-0.05, 0) is 32.5 Å². The van der Waals surface area contributed by atoms with Crippen molar-refractivity contribution < 1.29 is 0 Å². The lowest BCUT2D eigenvalue weighted by atomic mass is 10.1. The molecule has 1 unspecified atom stereocenters. The maximum atomic E-state index is 2.37. The summed E-state index contributed by atoms with van der Waals surface area (Å²) >= 11 is 0. The van der Waals surface area contributed by atoms with Crippen molar-refractivity contribution in [1.29, 1.82) is 0 Å². The Balaban J connectivity index is -0.000000266. The highest BCUT2D eigenvalue weighted by atomic mass is 15.1. The van der Waals surface area contributed by atoms with Gasteiger partial charge in [-0.15, -0.1) is 0 Å². The molecule has 0 saturated carbocycles. The largest absolute Gasteiger partial charge is 0.307 e. The van der Waals surface area contributed by atoms with E-state index in [1.54, 1.807) is 0 Å². The average Bonchev–Trinajstić information content (AvgIpc) is 2.30. The molecule has 0 rings (SSSR count). The van der Waals surface area contributed by atoms with Crippen molar-refractivity contribution in [2.24, 2.45) is 5.92 Å². The minimum Gasteiger partial charge on any atom is -0.307 e. The van der Waals surface area contributed by atoms with Crippen LogP contribution < -0.4 is 0 Å². The summed E-state index contributed by atoms with van der Waals surface area (Å²) in [5.41, 5.74) is 0. The van der Waals surface area contributed by atoms with Gasteiger partial charge in [-0.1, -0.05) is 54.9 Å². The van der Waals surface area contributed by atoms with Crippen LogP contribution in [0.4, 0.5) is 0 Å². The van der Waals surface area contributed by atoms with Crippen LogP contribution in [0, 0.1) is 5.92 Å². The first-order valence-corrected chi connectivity index (χ1v) is 6.39. The molecule has 0 aliphatic rings. The van der Waals surface area contributed by atoms with Crippen LogP contribution in [0.15, 0.2) is 0 Å². The highest BCUT2D eigenvalue weighted by Crippen LogP contribution is 2.06. The molecule has 0 N–H and O–H groups in total. The zero-order valence-corrected chi connectivity index (χ0v) is 11.9. The Morgan fingerprint density at radius 3 is 1.71 bits per heavy atom. The second kappa shape index (κ2) is 18.7. The molecule has 0 aromatic carbocycles. The van der Waals surface area contributed by atoms with E-state index in [1.165, 1.54) is 25.9 Å². The molecule has 0 spiro atoms. The zero-order chi connectivity index (χ0) is 12.0. The van der Waals surface area contributed by atoms with Crippen molar-refractivity contribution in [2.75, 3.05) is 20.1 Å². The Morgan fingerprint density at radius 2 is 1.43 bits per heavy atom. The summed E-state index contributed by atoms with van der Waals surface area (Å²) in [7, 11) is 2.18. The molecule has 0 aromatic rings. The molecule has 0 bridgehead atoms. The molecular formula is C13H33N. The summed E-state index contributed by atoms with van der Waals surface area (Å²) in [5, 5.41) is 0. The normalized spacial score (nSPS) is 10.9. The summed E-state index contributed by atoms with van der Waals surface area (Å²) in [6.45, 7) is 17.2. The van der Waals surface area contributed by atoms with E-state index in [-0.39, 0.29) is 0 Å². The Kier molecular flexibility index (Phi) is 26.1. The first-order chi connectivity index (χ1) is 6.70. The van der Waals surface area contributed by atoms with Crippen molar-refractivity contribution >= 4 is 0 Å². The second-order valence-corrected chi connectivity index (χ2v) is 3.20. The van der Waals surface area contributed by atoms with Gasteiger partial charge in [0.05, 0.1) is 0 Å². The fourth-order valence-electron chi connectivity index (χ4n) is 0.803. The fraction of sp³-hybridized carbons (Fsp3) is 1.00. The van der Waals surface area contributed by atoms with Crippen LogP contribution in [-0.4, -0.2) is 25.0 Å². The van der Waals surface area contributed by atoms with E-state index in [0.29, 0.717) is 0 Å². The molecule has 1 heteroatoms. The van der Waals surface area contributed by atoms with Gasteiger partial charge < -0.3 is 4.90 Å². The zero-order valence-electron chi connectivity index (χ0n) is 11.9. The molecule has 0 aromatic heterocycles. The standard InChI is InChI=1S/C9H21N.2C2H6/c1-5-9(3)7-8-10(4)6-2;2*1-2/h9H,5-8H2,1-4H3;2*1-2H3. The molecule has 0 aliphatic heterocycles. The molecule has 1 nitrogen and oxygen atoms in total. The summed E-state index contributed by atoms with van der Waals surface area (Å²) in [6, 6.07) is 0. The van der Waals surface area contributed by atoms with Crippen molar-refractivity contribution in [3.63, 3.8) is 0 Å². The Bertz CT molecular complexity index is 61.6. The van der Waals surface area contributed by atoms with Crippen molar-refractivity contribution in [3.8, 4) is 0 Å². The van der Waals surface area contributed by atoms with Crippen LogP contribution in [-0.2, 0) is 0 Å². The molecule has 14 heavy (non-hydrogen) atoms. The molecule has 0 heterocycles. The van der Waals surface area contributed by atoms with E-state index >= 15 is 0 Å². The van der Waals surface area contributed by atoms with Crippen LogP contribution >= 0.6 is 0 Å². The molecule has 0 amide bonds. The molecular weight excluding hydrogens is 170 g/mol. The molecule has 0 aliphatic carbocycles. The van der Waals surface area contributed by atoms with E-state index in [9.17, 15) is 0 Å². The minimum absolute atomic E-state index is 0.897. The fourth-order valence-corrected chi connectivity index (χ4v) is 0.803. The van der Waals surface area contributed by atoms with E-state index < -0.39 is 0 Å². The smallest absolute Gasteiger partial charge is 0.00194 e. The van der Waals surface area contributed by atoms with E-state index in [1.807, 2.05) is 27.7 Å². The van der Waals surface area contributed by atoms with E-state index in [0.717, 1.165) is 5.92 Å². The van der Waals surface area contributed by atoms with Gasteiger partial charge in [0.25, 0.3) is 0 Å². The Morgan fingerprint density at radius 1 is 1.00 bits per heavy atom. The monoisotopic (exact) mass is 203 g/mol. The van der Waals surface area contributed by atoms with Crippen LogP contribution in [0.5, 0.6) is 0 Å². The van der Waals surface area contributed by atoms with Gasteiger partial charge in [0, 0.05) is 0 Å². The highest BCUT2D eigenvalue weighted by molar-refractivity contribution is 4.53. The predicted octanol–water partition coefficient (Wildman–Crippen LogP) is 4.43. The average molecular weight is 203 g/mol. The van der Waals surface area contributed by atoms with Crippen molar-refractivity contribution in [1.82, 2.24) is 4.90 Å². The van der Waals surface area contributed by atoms with Gasteiger partial charge >= 0.3 is 0 Å². The first-order valence-electron chi connectivity index (χ1n) is 6.39. The lowest BCUT2D eigenvalue weighted by molar-refractivity contribution is 0.317. The van der Waals surface area contributed by atoms with E-state index in [4.69, 9.17) is 0 Å². The van der Waals surface area contributed by atoms with E-state index in [2.05, 4.69) is 32.7 Å². The van der Waals surface area contributed by atoms with Gasteiger partial charge in [-0.25, -0.2) is 0 Å². The van der Waals surface area contributed by atoms with Gasteiger partial charge in [-0.2, -0.15) is 0 Å². The van der Waals surface area contributed by atoms with Crippen molar-refractivity contribution in [3.05, 3.63) is 0 Å². The van der Waals surface area contributed by atoms with Gasteiger partial charge in [-0.3, -0.25) is 0 Å². The van der Waals surface area contributed by atoms with Gasteiger partial charge in [0.2, 0.25) is 0 Å². The van der Waals surface area contributed by atoms with Crippen LogP contribution in [0.1, 0.15) is 61.3 Å². The molecule has 0 radical (unpaired) electrons. The topological polar surface area (TPSA) is 3.24 Å². The lowest BCUT2D eigenvalue weighted by Crippen LogP contribution is -2.20. The summed E-state index contributed by atoms with van der Waals surface area (Å²) in [4.78, 5) is 2.37. The quantitative estimate of drug-likeness (QED) is 0.639. The van der Waals surface area contributed by atoms with Crippen LogP contribution in [0.25, 0.3) is 0 Å².